The predicted octanol–water partition coefficient (Wildman–Crippen LogP) is 4.57. The van der Waals surface area contributed by atoms with Crippen LogP contribution in [0, 0.1) is 11.2 Å². The third-order valence-electron chi connectivity index (χ3n) is 3.64. The van der Waals surface area contributed by atoms with Gasteiger partial charge in [0.05, 0.1) is 5.69 Å². The Kier molecular flexibility index (Phi) is 3.35. The number of fused-ring (bicyclic) bond motifs is 1. The SMILES string of the molecule is CC1(C)Cc2nc(-c3cc(Cl)ccc3F)sc2C(N)C1. The molecule has 1 aliphatic carbocycles. The molecule has 0 radical (unpaired) electrons. The predicted molar refractivity (Wildman–Crippen MR) is 81.5 cm³/mol. The van der Waals surface area contributed by atoms with Crippen molar-refractivity contribution in [3.63, 3.8) is 0 Å². The standard InChI is InChI=1S/C15H16ClFN2S/c1-15(2)6-11(18)13-12(7-15)19-14(20-13)9-5-8(16)3-4-10(9)17/h3-5,11H,6-7,18H2,1-2H3. The minimum atomic E-state index is -0.298. The average molecular weight is 311 g/mol. The molecule has 1 atom stereocenters. The fourth-order valence-corrected chi connectivity index (χ4v) is 4.04. The average Bonchev–Trinajstić information content (AvgIpc) is 2.74. The largest absolute Gasteiger partial charge is 0.323 e. The van der Waals surface area contributed by atoms with Gasteiger partial charge in [-0.3, -0.25) is 0 Å². The van der Waals surface area contributed by atoms with Gasteiger partial charge in [-0.2, -0.15) is 0 Å². The molecule has 1 heterocycles. The van der Waals surface area contributed by atoms with Crippen LogP contribution in [0.1, 0.15) is 36.9 Å². The minimum Gasteiger partial charge on any atom is -0.323 e. The van der Waals surface area contributed by atoms with Crippen molar-refractivity contribution in [3.05, 3.63) is 39.6 Å². The molecule has 1 aromatic heterocycles. The van der Waals surface area contributed by atoms with Gasteiger partial charge in [0.2, 0.25) is 0 Å². The normalized spacial score (nSPS) is 20.8. The Morgan fingerprint density at radius 1 is 1.45 bits per heavy atom. The van der Waals surface area contributed by atoms with Gasteiger partial charge >= 0.3 is 0 Å². The number of rotatable bonds is 1. The fourth-order valence-electron chi connectivity index (χ4n) is 2.77. The molecule has 0 amide bonds. The van der Waals surface area contributed by atoms with Gasteiger partial charge in [0, 0.05) is 21.5 Å². The molecule has 2 nitrogen and oxygen atoms in total. The summed E-state index contributed by atoms with van der Waals surface area (Å²) in [7, 11) is 0. The molecule has 2 N–H and O–H groups in total. The highest BCUT2D eigenvalue weighted by Crippen LogP contribution is 2.44. The van der Waals surface area contributed by atoms with Crippen molar-refractivity contribution in [2.75, 3.05) is 0 Å². The van der Waals surface area contributed by atoms with Crippen LogP contribution in [0.25, 0.3) is 10.6 Å². The molecule has 1 aromatic carbocycles. The molecular formula is C15H16ClFN2S. The summed E-state index contributed by atoms with van der Waals surface area (Å²) in [6.45, 7) is 4.38. The smallest absolute Gasteiger partial charge is 0.133 e. The number of nitrogens with two attached hydrogens (primary N) is 1. The fraction of sp³-hybridized carbons (Fsp3) is 0.400. The molecule has 0 fully saturated rings. The second-order valence-corrected chi connectivity index (χ2v) is 7.57. The Morgan fingerprint density at radius 3 is 2.95 bits per heavy atom. The van der Waals surface area contributed by atoms with Crippen LogP contribution in [0.3, 0.4) is 0 Å². The number of hydrogen-bond acceptors (Lipinski definition) is 3. The van der Waals surface area contributed by atoms with E-state index in [9.17, 15) is 4.39 Å². The zero-order valence-electron chi connectivity index (χ0n) is 11.4. The summed E-state index contributed by atoms with van der Waals surface area (Å²) in [5.74, 6) is -0.298. The Labute approximate surface area is 126 Å². The first-order chi connectivity index (χ1) is 9.35. The number of aromatic nitrogens is 1. The molecule has 0 saturated carbocycles. The van der Waals surface area contributed by atoms with Crippen LogP contribution in [0.15, 0.2) is 18.2 Å². The van der Waals surface area contributed by atoms with Gasteiger partial charge in [0.1, 0.15) is 10.8 Å². The van der Waals surface area contributed by atoms with E-state index in [0.29, 0.717) is 15.6 Å². The summed E-state index contributed by atoms with van der Waals surface area (Å²) in [6.07, 6.45) is 1.81. The van der Waals surface area contributed by atoms with E-state index < -0.39 is 0 Å². The molecule has 5 heteroatoms. The lowest BCUT2D eigenvalue weighted by Gasteiger charge is -2.32. The zero-order valence-corrected chi connectivity index (χ0v) is 13.0. The molecule has 20 heavy (non-hydrogen) atoms. The summed E-state index contributed by atoms with van der Waals surface area (Å²) < 4.78 is 13.9. The van der Waals surface area contributed by atoms with Crippen molar-refractivity contribution in [2.45, 2.75) is 32.7 Å². The zero-order chi connectivity index (χ0) is 14.5. The Balaban J connectivity index is 2.08. The van der Waals surface area contributed by atoms with Crippen LogP contribution in [-0.4, -0.2) is 4.98 Å². The second kappa shape index (κ2) is 4.79. The number of nitrogens with zero attached hydrogens (tertiary/aromatic N) is 1. The van der Waals surface area contributed by atoms with Crippen LogP contribution in [0.5, 0.6) is 0 Å². The van der Waals surface area contributed by atoms with Gasteiger partial charge in [-0.15, -0.1) is 11.3 Å². The first-order valence-corrected chi connectivity index (χ1v) is 7.76. The Morgan fingerprint density at radius 2 is 2.20 bits per heavy atom. The van der Waals surface area contributed by atoms with E-state index in [1.54, 1.807) is 12.1 Å². The number of thiazole rings is 1. The quantitative estimate of drug-likeness (QED) is 0.837. The molecule has 0 spiro atoms. The number of benzene rings is 1. The molecule has 106 valence electrons. The van der Waals surface area contributed by atoms with Gasteiger partial charge in [0.25, 0.3) is 0 Å². The molecule has 1 aliphatic rings. The summed E-state index contributed by atoms with van der Waals surface area (Å²) in [5, 5.41) is 1.18. The van der Waals surface area contributed by atoms with Crippen LogP contribution in [0.2, 0.25) is 5.02 Å². The first-order valence-electron chi connectivity index (χ1n) is 6.56. The lowest BCUT2D eigenvalue weighted by molar-refractivity contribution is 0.282. The lowest BCUT2D eigenvalue weighted by Crippen LogP contribution is -2.28. The lowest BCUT2D eigenvalue weighted by atomic mass is 9.77. The van der Waals surface area contributed by atoms with Crippen molar-refractivity contribution in [1.82, 2.24) is 4.98 Å². The summed E-state index contributed by atoms with van der Waals surface area (Å²) in [5.41, 5.74) is 7.84. The monoisotopic (exact) mass is 310 g/mol. The summed E-state index contributed by atoms with van der Waals surface area (Å²) >= 11 is 7.44. The van der Waals surface area contributed by atoms with Crippen molar-refractivity contribution in [2.24, 2.45) is 11.1 Å². The molecule has 0 saturated heterocycles. The van der Waals surface area contributed by atoms with Crippen molar-refractivity contribution >= 4 is 22.9 Å². The second-order valence-electron chi connectivity index (χ2n) is 6.11. The maximum Gasteiger partial charge on any atom is 0.133 e. The van der Waals surface area contributed by atoms with Gasteiger partial charge in [-0.1, -0.05) is 25.4 Å². The molecule has 2 aromatic rings. The highest BCUT2D eigenvalue weighted by Gasteiger charge is 2.33. The van der Waals surface area contributed by atoms with E-state index in [1.807, 2.05) is 0 Å². The van der Waals surface area contributed by atoms with Gasteiger partial charge in [-0.25, -0.2) is 9.37 Å². The number of halogens is 2. The highest BCUT2D eigenvalue weighted by molar-refractivity contribution is 7.15. The van der Waals surface area contributed by atoms with Gasteiger partial charge in [0.15, 0.2) is 0 Å². The van der Waals surface area contributed by atoms with Crippen LogP contribution in [0.4, 0.5) is 4.39 Å². The maximum atomic E-state index is 13.9. The van der Waals surface area contributed by atoms with E-state index >= 15 is 0 Å². The maximum absolute atomic E-state index is 13.9. The van der Waals surface area contributed by atoms with E-state index in [-0.39, 0.29) is 17.3 Å². The van der Waals surface area contributed by atoms with Crippen LogP contribution < -0.4 is 5.73 Å². The summed E-state index contributed by atoms with van der Waals surface area (Å²) in [6, 6.07) is 4.53. The third-order valence-corrected chi connectivity index (χ3v) is 5.14. The minimum absolute atomic E-state index is 0.0118. The third kappa shape index (κ3) is 2.48. The molecule has 0 bridgehead atoms. The van der Waals surface area contributed by atoms with Gasteiger partial charge in [-0.05, 0) is 36.5 Å². The van der Waals surface area contributed by atoms with Crippen molar-refractivity contribution < 1.29 is 4.39 Å². The molecule has 3 rings (SSSR count). The molecule has 0 aliphatic heterocycles. The van der Waals surface area contributed by atoms with Crippen LogP contribution >= 0.6 is 22.9 Å². The van der Waals surface area contributed by atoms with E-state index in [0.717, 1.165) is 23.4 Å². The summed E-state index contributed by atoms with van der Waals surface area (Å²) in [4.78, 5) is 5.69. The topological polar surface area (TPSA) is 38.9 Å². The van der Waals surface area contributed by atoms with E-state index in [1.165, 1.54) is 17.4 Å². The van der Waals surface area contributed by atoms with E-state index in [2.05, 4.69) is 18.8 Å². The van der Waals surface area contributed by atoms with Crippen molar-refractivity contribution in [3.8, 4) is 10.6 Å². The van der Waals surface area contributed by atoms with Crippen molar-refractivity contribution in [1.29, 1.82) is 0 Å². The first kappa shape index (κ1) is 14.0. The molecule has 1 unspecified atom stereocenters. The highest BCUT2D eigenvalue weighted by atomic mass is 35.5. The van der Waals surface area contributed by atoms with E-state index in [4.69, 9.17) is 17.3 Å². The van der Waals surface area contributed by atoms with Gasteiger partial charge < -0.3 is 5.73 Å². The Hall–Kier alpha value is -0.970. The number of hydrogen-bond donors (Lipinski definition) is 1. The molecular weight excluding hydrogens is 295 g/mol. The Bertz CT molecular complexity index is 666. The van der Waals surface area contributed by atoms with Crippen LogP contribution in [-0.2, 0) is 6.42 Å².